The molecule has 0 radical (unpaired) electrons. The van der Waals surface area contributed by atoms with Gasteiger partial charge in [-0.3, -0.25) is 4.79 Å². The van der Waals surface area contributed by atoms with Crippen LogP contribution in [0.15, 0.2) is 54.6 Å². The van der Waals surface area contributed by atoms with E-state index < -0.39 is 0 Å². The van der Waals surface area contributed by atoms with Crippen molar-refractivity contribution in [2.45, 2.75) is 13.3 Å². The molecular weight excluding hydrogens is 278 g/mol. The number of hydrogen-bond acceptors (Lipinski definition) is 3. The van der Waals surface area contributed by atoms with E-state index in [0.717, 1.165) is 16.1 Å². The van der Waals surface area contributed by atoms with Crippen LogP contribution in [0.3, 0.4) is 0 Å². The first-order chi connectivity index (χ1) is 10.3. The number of carbonyl (C=O) groups excluding carboxylic acids is 1. The lowest BCUT2D eigenvalue weighted by Crippen LogP contribution is -2.08. The normalized spacial score (nSPS) is 10.7. The SMILES string of the molecule is Cc1c(C(=O)CCNc2ccccc2)sc2ccccc12. The lowest BCUT2D eigenvalue weighted by Gasteiger charge is -2.05. The molecule has 0 atom stereocenters. The fourth-order valence-corrected chi connectivity index (χ4v) is 3.61. The van der Waals surface area contributed by atoms with Crippen LogP contribution in [0.1, 0.15) is 21.7 Å². The number of benzene rings is 2. The van der Waals surface area contributed by atoms with Crippen molar-refractivity contribution in [2.75, 3.05) is 11.9 Å². The number of carbonyl (C=O) groups is 1. The zero-order valence-electron chi connectivity index (χ0n) is 11.9. The highest BCUT2D eigenvalue weighted by molar-refractivity contribution is 7.21. The molecule has 0 saturated heterocycles. The smallest absolute Gasteiger partial charge is 0.174 e. The van der Waals surface area contributed by atoms with Crippen molar-refractivity contribution in [3.05, 3.63) is 65.0 Å². The topological polar surface area (TPSA) is 29.1 Å². The minimum atomic E-state index is 0.220. The first-order valence-corrected chi connectivity index (χ1v) is 7.87. The Morgan fingerprint density at radius 2 is 1.76 bits per heavy atom. The summed E-state index contributed by atoms with van der Waals surface area (Å²) in [6.07, 6.45) is 0.516. The summed E-state index contributed by atoms with van der Waals surface area (Å²) < 4.78 is 1.19. The Balaban J connectivity index is 1.68. The molecular formula is C18H17NOS. The van der Waals surface area contributed by atoms with Gasteiger partial charge in [0.1, 0.15) is 0 Å². The van der Waals surface area contributed by atoms with E-state index in [2.05, 4.69) is 17.4 Å². The predicted molar refractivity (Wildman–Crippen MR) is 90.4 cm³/mol. The summed E-state index contributed by atoms with van der Waals surface area (Å²) in [5, 5.41) is 4.48. The van der Waals surface area contributed by atoms with Crippen LogP contribution in [0.25, 0.3) is 10.1 Å². The maximum Gasteiger partial charge on any atom is 0.174 e. The molecule has 21 heavy (non-hydrogen) atoms. The third-order valence-electron chi connectivity index (χ3n) is 3.55. The minimum Gasteiger partial charge on any atom is -0.385 e. The molecule has 0 bridgehead atoms. The first-order valence-electron chi connectivity index (χ1n) is 7.06. The summed E-state index contributed by atoms with van der Waals surface area (Å²) in [5.41, 5.74) is 2.17. The van der Waals surface area contributed by atoms with Crippen molar-refractivity contribution in [2.24, 2.45) is 0 Å². The fraction of sp³-hybridized carbons (Fsp3) is 0.167. The van der Waals surface area contributed by atoms with Crippen LogP contribution in [0.5, 0.6) is 0 Å². The molecule has 1 N–H and O–H groups in total. The van der Waals surface area contributed by atoms with Gasteiger partial charge in [0, 0.05) is 23.4 Å². The number of fused-ring (bicyclic) bond motifs is 1. The summed E-state index contributed by atoms with van der Waals surface area (Å²) in [5.74, 6) is 0.220. The molecule has 0 spiro atoms. The average Bonchev–Trinajstić information content (AvgIpc) is 2.86. The zero-order chi connectivity index (χ0) is 14.7. The van der Waals surface area contributed by atoms with E-state index in [1.54, 1.807) is 11.3 Å². The summed E-state index contributed by atoms with van der Waals surface area (Å²) in [6.45, 7) is 2.70. The van der Waals surface area contributed by atoms with Gasteiger partial charge in [-0.2, -0.15) is 0 Å². The number of nitrogens with one attached hydrogen (secondary N) is 1. The molecule has 1 aromatic heterocycles. The van der Waals surface area contributed by atoms with Gasteiger partial charge in [0.05, 0.1) is 4.88 Å². The van der Waals surface area contributed by atoms with Gasteiger partial charge < -0.3 is 5.32 Å². The van der Waals surface area contributed by atoms with Crippen molar-refractivity contribution < 1.29 is 4.79 Å². The van der Waals surface area contributed by atoms with Crippen LogP contribution in [0.2, 0.25) is 0 Å². The number of para-hydroxylation sites is 1. The Bertz CT molecular complexity index is 761. The summed E-state index contributed by atoms with van der Waals surface area (Å²) in [7, 11) is 0. The highest BCUT2D eigenvalue weighted by Crippen LogP contribution is 2.31. The van der Waals surface area contributed by atoms with Crippen LogP contribution in [-0.2, 0) is 0 Å². The quantitative estimate of drug-likeness (QED) is 0.679. The van der Waals surface area contributed by atoms with E-state index in [-0.39, 0.29) is 5.78 Å². The molecule has 3 rings (SSSR count). The summed E-state index contributed by atoms with van der Waals surface area (Å²) in [4.78, 5) is 13.3. The Hall–Kier alpha value is -2.13. The van der Waals surface area contributed by atoms with Gasteiger partial charge in [-0.15, -0.1) is 11.3 Å². The molecule has 0 amide bonds. The monoisotopic (exact) mass is 295 g/mol. The van der Waals surface area contributed by atoms with Gasteiger partial charge >= 0.3 is 0 Å². The number of Topliss-reactive ketones (excluding diaryl/α,β-unsaturated/α-hetero) is 1. The van der Waals surface area contributed by atoms with Gasteiger partial charge in [0.2, 0.25) is 0 Å². The van der Waals surface area contributed by atoms with Crippen LogP contribution in [0, 0.1) is 6.92 Å². The van der Waals surface area contributed by atoms with Gasteiger partial charge in [-0.05, 0) is 36.1 Å². The molecule has 2 aromatic carbocycles. The standard InChI is InChI=1S/C18H17NOS/c1-13-15-9-5-6-10-17(15)21-18(13)16(20)11-12-19-14-7-3-2-4-8-14/h2-10,19H,11-12H2,1H3. The average molecular weight is 295 g/mol. The predicted octanol–water partition coefficient (Wildman–Crippen LogP) is 4.89. The van der Waals surface area contributed by atoms with Crippen molar-refractivity contribution in [3.63, 3.8) is 0 Å². The molecule has 106 valence electrons. The molecule has 3 heteroatoms. The number of thiophene rings is 1. The fourth-order valence-electron chi connectivity index (χ4n) is 2.43. The van der Waals surface area contributed by atoms with Crippen molar-refractivity contribution in [1.29, 1.82) is 0 Å². The zero-order valence-corrected chi connectivity index (χ0v) is 12.7. The molecule has 0 aliphatic carbocycles. The van der Waals surface area contributed by atoms with E-state index >= 15 is 0 Å². The molecule has 0 fully saturated rings. The van der Waals surface area contributed by atoms with Crippen LogP contribution < -0.4 is 5.32 Å². The maximum atomic E-state index is 12.4. The molecule has 0 aliphatic heterocycles. The van der Waals surface area contributed by atoms with Gasteiger partial charge in [-0.25, -0.2) is 0 Å². The molecule has 3 aromatic rings. The highest BCUT2D eigenvalue weighted by Gasteiger charge is 2.14. The number of anilines is 1. The Labute approximate surface area is 128 Å². The lowest BCUT2D eigenvalue weighted by atomic mass is 10.1. The summed E-state index contributed by atoms with van der Waals surface area (Å²) in [6, 6.07) is 18.2. The van der Waals surface area contributed by atoms with Gasteiger partial charge in [0.25, 0.3) is 0 Å². The Kier molecular flexibility index (Phi) is 4.02. The maximum absolute atomic E-state index is 12.4. The van der Waals surface area contributed by atoms with Gasteiger partial charge in [0.15, 0.2) is 5.78 Å². The van der Waals surface area contributed by atoms with Crippen LogP contribution >= 0.6 is 11.3 Å². The lowest BCUT2D eigenvalue weighted by molar-refractivity contribution is 0.0990. The summed E-state index contributed by atoms with van der Waals surface area (Å²) >= 11 is 1.60. The Morgan fingerprint density at radius 1 is 1.05 bits per heavy atom. The van der Waals surface area contributed by atoms with Crippen LogP contribution in [-0.4, -0.2) is 12.3 Å². The number of aryl methyl sites for hydroxylation is 1. The minimum absolute atomic E-state index is 0.220. The van der Waals surface area contributed by atoms with Crippen LogP contribution in [0.4, 0.5) is 5.69 Å². The molecule has 0 aliphatic rings. The van der Waals surface area contributed by atoms with Crippen molar-refractivity contribution in [1.82, 2.24) is 0 Å². The highest BCUT2D eigenvalue weighted by atomic mass is 32.1. The van der Waals surface area contributed by atoms with E-state index in [1.165, 1.54) is 10.1 Å². The second-order valence-corrected chi connectivity index (χ2v) is 6.07. The first kappa shape index (κ1) is 13.8. The Morgan fingerprint density at radius 3 is 2.52 bits per heavy atom. The van der Waals surface area contributed by atoms with E-state index in [9.17, 15) is 4.79 Å². The second kappa shape index (κ2) is 6.10. The molecule has 1 heterocycles. The molecule has 2 nitrogen and oxygen atoms in total. The van der Waals surface area contributed by atoms with Crippen molar-refractivity contribution in [3.8, 4) is 0 Å². The van der Waals surface area contributed by atoms with E-state index in [1.807, 2.05) is 49.4 Å². The third kappa shape index (κ3) is 2.98. The van der Waals surface area contributed by atoms with Crippen molar-refractivity contribution >= 4 is 32.9 Å². The largest absolute Gasteiger partial charge is 0.385 e. The second-order valence-electron chi connectivity index (χ2n) is 5.02. The molecule has 0 saturated carbocycles. The van der Waals surface area contributed by atoms with E-state index in [4.69, 9.17) is 0 Å². The van der Waals surface area contributed by atoms with E-state index in [0.29, 0.717) is 13.0 Å². The number of hydrogen-bond donors (Lipinski definition) is 1. The van der Waals surface area contributed by atoms with Gasteiger partial charge in [-0.1, -0.05) is 36.4 Å². The molecule has 0 unspecified atom stereocenters. The number of ketones is 1. The number of rotatable bonds is 5. The third-order valence-corrected chi connectivity index (χ3v) is 4.87.